The van der Waals surface area contributed by atoms with Crippen LogP contribution in [-0.2, 0) is 24.5 Å². The first-order valence-electron chi connectivity index (χ1n) is 8.61. The maximum absolute atomic E-state index is 5.92. The van der Waals surface area contributed by atoms with E-state index in [1.165, 1.54) is 5.56 Å². The van der Waals surface area contributed by atoms with Gasteiger partial charge in [-0.25, -0.2) is 4.99 Å². The van der Waals surface area contributed by atoms with Crippen LogP contribution in [0.2, 0.25) is 0 Å². The Morgan fingerprint density at radius 2 is 1.26 bits per heavy atom. The largest absolute Gasteiger partial charge is 0.372 e. The SMILES string of the molecule is I.NC(=NCc1ccc(COCc2ccccc2)cc1)Nc1ccccc1. The summed E-state index contributed by atoms with van der Waals surface area (Å²) < 4.78 is 5.75. The number of nitrogens with zero attached hydrogens (tertiary/aromatic N) is 1. The Bertz CT molecular complexity index is 821. The molecule has 0 radical (unpaired) electrons. The molecule has 0 saturated carbocycles. The Balaban J connectivity index is 0.00000261. The first-order valence-corrected chi connectivity index (χ1v) is 8.61. The molecular formula is C22H24IN3O. The van der Waals surface area contributed by atoms with E-state index in [2.05, 4.69) is 46.7 Å². The van der Waals surface area contributed by atoms with Crippen LogP contribution >= 0.6 is 24.0 Å². The second kappa shape index (κ2) is 11.4. The minimum Gasteiger partial charge on any atom is -0.372 e. The molecule has 0 aliphatic rings. The number of hydrogen-bond acceptors (Lipinski definition) is 2. The zero-order chi connectivity index (χ0) is 18.0. The highest BCUT2D eigenvalue weighted by atomic mass is 127. The lowest BCUT2D eigenvalue weighted by molar-refractivity contribution is 0.107. The summed E-state index contributed by atoms with van der Waals surface area (Å²) in [5.41, 5.74) is 10.3. The molecule has 0 unspecified atom stereocenters. The Kier molecular flexibility index (Phi) is 8.80. The van der Waals surface area contributed by atoms with Gasteiger partial charge in [0.05, 0.1) is 19.8 Å². The van der Waals surface area contributed by atoms with Crippen molar-refractivity contribution in [2.45, 2.75) is 19.8 Å². The maximum atomic E-state index is 5.92. The fourth-order valence-electron chi connectivity index (χ4n) is 2.49. The van der Waals surface area contributed by atoms with Gasteiger partial charge in [0, 0.05) is 5.69 Å². The standard InChI is InChI=1S/C22H23N3O.HI/c23-22(25-21-9-5-2-6-10-21)24-15-18-11-13-20(14-12-18)17-26-16-19-7-3-1-4-8-19;/h1-14H,15-17H2,(H3,23,24,25);1H. The molecule has 3 aromatic carbocycles. The molecular weight excluding hydrogens is 449 g/mol. The van der Waals surface area contributed by atoms with Gasteiger partial charge >= 0.3 is 0 Å². The summed E-state index contributed by atoms with van der Waals surface area (Å²) in [7, 11) is 0. The quantitative estimate of drug-likeness (QED) is 0.290. The molecule has 3 N–H and O–H groups in total. The van der Waals surface area contributed by atoms with Crippen LogP contribution in [0, 0.1) is 0 Å². The molecule has 0 saturated heterocycles. The Labute approximate surface area is 177 Å². The van der Waals surface area contributed by atoms with Gasteiger partial charge in [-0.05, 0) is 28.8 Å². The van der Waals surface area contributed by atoms with Gasteiger partial charge in [0.25, 0.3) is 0 Å². The second-order valence-corrected chi connectivity index (χ2v) is 5.99. The number of aliphatic imine (C=N–C) groups is 1. The molecule has 140 valence electrons. The zero-order valence-corrected chi connectivity index (χ0v) is 17.4. The van der Waals surface area contributed by atoms with Gasteiger partial charge < -0.3 is 15.8 Å². The monoisotopic (exact) mass is 473 g/mol. The van der Waals surface area contributed by atoms with E-state index >= 15 is 0 Å². The van der Waals surface area contributed by atoms with E-state index in [4.69, 9.17) is 10.5 Å². The number of hydrogen-bond donors (Lipinski definition) is 2. The number of anilines is 1. The van der Waals surface area contributed by atoms with Crippen molar-refractivity contribution in [3.63, 3.8) is 0 Å². The molecule has 5 heteroatoms. The van der Waals surface area contributed by atoms with Gasteiger partial charge in [-0.15, -0.1) is 24.0 Å². The summed E-state index contributed by atoms with van der Waals surface area (Å²) in [5.74, 6) is 0.409. The van der Waals surface area contributed by atoms with Crippen molar-refractivity contribution in [3.8, 4) is 0 Å². The van der Waals surface area contributed by atoms with Gasteiger partial charge in [-0.3, -0.25) is 0 Å². The average Bonchev–Trinajstić information content (AvgIpc) is 2.69. The van der Waals surface area contributed by atoms with Crippen LogP contribution < -0.4 is 11.1 Å². The lowest BCUT2D eigenvalue weighted by Crippen LogP contribution is -2.22. The lowest BCUT2D eigenvalue weighted by Gasteiger charge is -2.07. The Hall–Kier alpha value is -2.38. The maximum Gasteiger partial charge on any atom is 0.193 e. The molecule has 0 aromatic heterocycles. The van der Waals surface area contributed by atoms with Gasteiger partial charge in [-0.2, -0.15) is 0 Å². The Morgan fingerprint density at radius 1 is 0.741 bits per heavy atom. The fourth-order valence-corrected chi connectivity index (χ4v) is 2.49. The predicted octanol–water partition coefficient (Wildman–Crippen LogP) is 4.95. The van der Waals surface area contributed by atoms with Crippen molar-refractivity contribution in [1.82, 2.24) is 0 Å². The van der Waals surface area contributed by atoms with E-state index < -0.39 is 0 Å². The van der Waals surface area contributed by atoms with Crippen molar-refractivity contribution in [2.24, 2.45) is 10.7 Å². The van der Waals surface area contributed by atoms with E-state index in [-0.39, 0.29) is 24.0 Å². The van der Waals surface area contributed by atoms with E-state index in [1.54, 1.807) is 0 Å². The number of nitrogens with two attached hydrogens (primary N) is 1. The molecule has 0 fully saturated rings. The number of rotatable bonds is 7. The summed E-state index contributed by atoms with van der Waals surface area (Å²) in [6.45, 7) is 1.75. The molecule has 0 spiro atoms. The lowest BCUT2D eigenvalue weighted by atomic mass is 10.1. The smallest absolute Gasteiger partial charge is 0.193 e. The zero-order valence-electron chi connectivity index (χ0n) is 15.0. The third kappa shape index (κ3) is 7.40. The topological polar surface area (TPSA) is 59.6 Å². The molecule has 3 aromatic rings. The number of guanidine groups is 1. The fraction of sp³-hybridized carbons (Fsp3) is 0.136. The highest BCUT2D eigenvalue weighted by Crippen LogP contribution is 2.09. The highest BCUT2D eigenvalue weighted by molar-refractivity contribution is 14.0. The van der Waals surface area contributed by atoms with Crippen molar-refractivity contribution < 1.29 is 4.74 Å². The number of para-hydroxylation sites is 1. The van der Waals surface area contributed by atoms with Gasteiger partial charge in [0.15, 0.2) is 5.96 Å². The first-order chi connectivity index (χ1) is 12.8. The second-order valence-electron chi connectivity index (χ2n) is 5.99. The molecule has 0 aliphatic heterocycles. The van der Waals surface area contributed by atoms with E-state index in [0.29, 0.717) is 25.7 Å². The number of halogens is 1. The van der Waals surface area contributed by atoms with Crippen LogP contribution in [0.4, 0.5) is 5.69 Å². The van der Waals surface area contributed by atoms with Crippen LogP contribution in [0.1, 0.15) is 16.7 Å². The van der Waals surface area contributed by atoms with Gasteiger partial charge in [0.2, 0.25) is 0 Å². The predicted molar refractivity (Wildman–Crippen MR) is 122 cm³/mol. The Morgan fingerprint density at radius 3 is 1.89 bits per heavy atom. The summed E-state index contributed by atoms with van der Waals surface area (Å²) in [5, 5.41) is 3.07. The molecule has 0 bridgehead atoms. The normalized spacial score (nSPS) is 10.9. The number of benzene rings is 3. The van der Waals surface area contributed by atoms with E-state index in [9.17, 15) is 0 Å². The minimum atomic E-state index is 0. The average molecular weight is 473 g/mol. The molecule has 4 nitrogen and oxygen atoms in total. The molecule has 0 heterocycles. The third-order valence-electron chi connectivity index (χ3n) is 3.88. The molecule has 0 aliphatic carbocycles. The molecule has 0 amide bonds. The van der Waals surface area contributed by atoms with Crippen LogP contribution in [0.3, 0.4) is 0 Å². The van der Waals surface area contributed by atoms with Crippen LogP contribution in [0.5, 0.6) is 0 Å². The molecule has 0 atom stereocenters. The van der Waals surface area contributed by atoms with Gasteiger partial charge in [-0.1, -0.05) is 72.8 Å². The molecule has 3 rings (SSSR count). The summed E-state index contributed by atoms with van der Waals surface area (Å²) >= 11 is 0. The van der Waals surface area contributed by atoms with Crippen LogP contribution in [0.25, 0.3) is 0 Å². The third-order valence-corrected chi connectivity index (χ3v) is 3.88. The molecule has 27 heavy (non-hydrogen) atoms. The van der Waals surface area contributed by atoms with Crippen molar-refractivity contribution in [2.75, 3.05) is 5.32 Å². The highest BCUT2D eigenvalue weighted by Gasteiger charge is 1.98. The first kappa shape index (κ1) is 20.9. The summed E-state index contributed by atoms with van der Waals surface area (Å²) in [6.07, 6.45) is 0. The van der Waals surface area contributed by atoms with Crippen LogP contribution in [-0.4, -0.2) is 5.96 Å². The van der Waals surface area contributed by atoms with Crippen LogP contribution in [0.15, 0.2) is 89.9 Å². The van der Waals surface area contributed by atoms with Crippen molar-refractivity contribution in [3.05, 3.63) is 102 Å². The summed E-state index contributed by atoms with van der Waals surface area (Å²) in [4.78, 5) is 4.37. The van der Waals surface area contributed by atoms with Crippen molar-refractivity contribution in [1.29, 1.82) is 0 Å². The van der Waals surface area contributed by atoms with Gasteiger partial charge in [0.1, 0.15) is 0 Å². The minimum absolute atomic E-state index is 0. The summed E-state index contributed by atoms with van der Waals surface area (Å²) in [6, 6.07) is 28.2. The van der Waals surface area contributed by atoms with Crippen molar-refractivity contribution >= 4 is 35.6 Å². The van der Waals surface area contributed by atoms with E-state index in [0.717, 1.165) is 16.8 Å². The number of ether oxygens (including phenoxy) is 1. The van der Waals surface area contributed by atoms with E-state index in [1.807, 2.05) is 48.5 Å². The number of nitrogens with one attached hydrogen (secondary N) is 1.